The van der Waals surface area contributed by atoms with Crippen LogP contribution in [0, 0.1) is 6.92 Å². The van der Waals surface area contributed by atoms with Crippen molar-refractivity contribution in [3.05, 3.63) is 53.6 Å². The van der Waals surface area contributed by atoms with Crippen molar-refractivity contribution in [1.82, 2.24) is 9.62 Å². The first-order chi connectivity index (χ1) is 15.8. The molecule has 0 aliphatic carbocycles. The molecule has 1 heterocycles. The van der Waals surface area contributed by atoms with Crippen LogP contribution < -0.4 is 15.4 Å². The minimum absolute atomic E-state index is 0.0340. The largest absolute Gasteiger partial charge is 0.492 e. The van der Waals surface area contributed by atoms with Gasteiger partial charge in [-0.1, -0.05) is 24.6 Å². The van der Waals surface area contributed by atoms with E-state index in [2.05, 4.69) is 10.6 Å². The first-order valence-corrected chi connectivity index (χ1v) is 12.7. The normalized spacial score (nSPS) is 14.5. The van der Waals surface area contributed by atoms with Crippen LogP contribution in [-0.2, 0) is 14.8 Å². The van der Waals surface area contributed by atoms with Gasteiger partial charge in [0.1, 0.15) is 5.75 Å². The molecule has 0 aromatic heterocycles. The number of amides is 2. The summed E-state index contributed by atoms with van der Waals surface area (Å²) < 4.78 is 33.1. The fourth-order valence-electron chi connectivity index (χ4n) is 3.73. The standard InChI is InChI=1S/C24H31N3O5S/c1-3-32-22-12-11-19(33(30,31)27-15-7-4-8-16-27)17-21(22)26-23(28)13-14-25-24(29)20-10-6-5-9-18(20)2/h5-6,9-12,17H,3-4,7-8,13-16H2,1-2H3,(H,25,29)(H,26,28). The topological polar surface area (TPSA) is 105 Å². The van der Waals surface area contributed by atoms with Crippen LogP contribution in [0.5, 0.6) is 5.75 Å². The van der Waals surface area contributed by atoms with Crippen LogP contribution >= 0.6 is 0 Å². The van der Waals surface area contributed by atoms with Crippen LogP contribution in [0.2, 0.25) is 0 Å². The number of sulfonamides is 1. The number of nitrogens with one attached hydrogen (secondary N) is 2. The molecule has 1 saturated heterocycles. The third-order valence-electron chi connectivity index (χ3n) is 5.51. The molecule has 33 heavy (non-hydrogen) atoms. The molecule has 178 valence electrons. The van der Waals surface area contributed by atoms with Gasteiger partial charge in [-0.05, 0) is 56.5 Å². The lowest BCUT2D eigenvalue weighted by atomic mass is 10.1. The predicted octanol–water partition coefficient (Wildman–Crippen LogP) is 3.33. The van der Waals surface area contributed by atoms with Gasteiger partial charge in [0.05, 0.1) is 17.2 Å². The number of piperidine rings is 1. The summed E-state index contributed by atoms with van der Waals surface area (Å²) >= 11 is 0. The predicted molar refractivity (Wildman–Crippen MR) is 127 cm³/mol. The molecule has 0 radical (unpaired) electrons. The van der Waals surface area contributed by atoms with E-state index in [4.69, 9.17) is 4.74 Å². The van der Waals surface area contributed by atoms with Gasteiger partial charge in [0.2, 0.25) is 15.9 Å². The van der Waals surface area contributed by atoms with Gasteiger partial charge in [-0.3, -0.25) is 9.59 Å². The maximum absolute atomic E-state index is 13.0. The summed E-state index contributed by atoms with van der Waals surface area (Å²) in [5.74, 6) is -0.202. The second kappa shape index (κ2) is 11.3. The summed E-state index contributed by atoms with van der Waals surface area (Å²) in [5, 5.41) is 5.48. The average Bonchev–Trinajstić information content (AvgIpc) is 2.81. The number of carbonyl (C=O) groups excluding carboxylic acids is 2. The fraction of sp³-hybridized carbons (Fsp3) is 0.417. The molecular weight excluding hydrogens is 442 g/mol. The number of aryl methyl sites for hydroxylation is 1. The van der Waals surface area contributed by atoms with Gasteiger partial charge in [0.15, 0.2) is 0 Å². The summed E-state index contributed by atoms with van der Waals surface area (Å²) in [5.41, 5.74) is 1.71. The zero-order valence-electron chi connectivity index (χ0n) is 19.1. The van der Waals surface area contributed by atoms with Gasteiger partial charge >= 0.3 is 0 Å². The Labute approximate surface area is 195 Å². The summed E-state index contributed by atoms with van der Waals surface area (Å²) in [7, 11) is -3.65. The number of hydrogen-bond acceptors (Lipinski definition) is 5. The highest BCUT2D eigenvalue weighted by Gasteiger charge is 2.27. The number of rotatable bonds is 9. The van der Waals surface area contributed by atoms with Gasteiger partial charge in [-0.25, -0.2) is 8.42 Å². The van der Waals surface area contributed by atoms with E-state index in [0.717, 1.165) is 24.8 Å². The van der Waals surface area contributed by atoms with Crippen molar-refractivity contribution in [2.45, 2.75) is 44.4 Å². The maximum Gasteiger partial charge on any atom is 0.251 e. The highest BCUT2D eigenvalue weighted by Crippen LogP contribution is 2.30. The number of nitrogens with zero attached hydrogens (tertiary/aromatic N) is 1. The Morgan fingerprint density at radius 3 is 2.48 bits per heavy atom. The van der Waals surface area contributed by atoms with Gasteiger partial charge in [-0.2, -0.15) is 4.31 Å². The van der Waals surface area contributed by atoms with Gasteiger partial charge < -0.3 is 15.4 Å². The zero-order valence-corrected chi connectivity index (χ0v) is 19.9. The van der Waals surface area contributed by atoms with E-state index in [1.165, 1.54) is 16.4 Å². The third-order valence-corrected chi connectivity index (χ3v) is 7.40. The number of carbonyl (C=O) groups is 2. The highest BCUT2D eigenvalue weighted by atomic mass is 32.2. The molecule has 1 aliphatic rings. The molecular formula is C24H31N3O5S. The summed E-state index contributed by atoms with van der Waals surface area (Å²) in [6.07, 6.45) is 2.74. The molecule has 8 nitrogen and oxygen atoms in total. The summed E-state index contributed by atoms with van der Waals surface area (Å²) in [6.45, 7) is 5.17. The molecule has 2 aromatic carbocycles. The number of hydrogen-bond donors (Lipinski definition) is 2. The molecule has 0 spiro atoms. The highest BCUT2D eigenvalue weighted by molar-refractivity contribution is 7.89. The Kier molecular flexibility index (Phi) is 8.46. The molecule has 0 atom stereocenters. The molecule has 0 bridgehead atoms. The Bertz CT molecular complexity index is 1100. The average molecular weight is 474 g/mol. The van der Waals surface area contributed by atoms with Gasteiger partial charge in [-0.15, -0.1) is 0 Å². The van der Waals surface area contributed by atoms with Crippen LogP contribution in [0.1, 0.15) is 48.5 Å². The van der Waals surface area contributed by atoms with E-state index < -0.39 is 10.0 Å². The van der Waals surface area contributed by atoms with E-state index in [0.29, 0.717) is 36.7 Å². The zero-order chi connectivity index (χ0) is 23.8. The SMILES string of the molecule is CCOc1ccc(S(=O)(=O)N2CCCCC2)cc1NC(=O)CCNC(=O)c1ccccc1C. The van der Waals surface area contributed by atoms with E-state index in [-0.39, 0.29) is 29.7 Å². The van der Waals surface area contributed by atoms with Crippen LogP contribution in [0.25, 0.3) is 0 Å². The minimum atomic E-state index is -3.65. The van der Waals surface area contributed by atoms with Crippen molar-refractivity contribution >= 4 is 27.5 Å². The molecule has 2 N–H and O–H groups in total. The van der Waals surface area contributed by atoms with Crippen molar-refractivity contribution in [2.75, 3.05) is 31.6 Å². The van der Waals surface area contributed by atoms with E-state index >= 15 is 0 Å². The quantitative estimate of drug-likeness (QED) is 0.581. The van der Waals surface area contributed by atoms with Crippen LogP contribution in [0.15, 0.2) is 47.4 Å². The van der Waals surface area contributed by atoms with Crippen molar-refractivity contribution < 1.29 is 22.7 Å². The second-order valence-corrected chi connectivity index (χ2v) is 9.86. The van der Waals surface area contributed by atoms with Crippen molar-refractivity contribution in [1.29, 1.82) is 0 Å². The van der Waals surface area contributed by atoms with Crippen molar-refractivity contribution in [2.24, 2.45) is 0 Å². The second-order valence-electron chi connectivity index (χ2n) is 7.92. The lowest BCUT2D eigenvalue weighted by Crippen LogP contribution is -2.35. The lowest BCUT2D eigenvalue weighted by Gasteiger charge is -2.26. The molecule has 2 aromatic rings. The van der Waals surface area contributed by atoms with E-state index in [1.807, 2.05) is 26.0 Å². The van der Waals surface area contributed by atoms with E-state index in [1.54, 1.807) is 18.2 Å². The van der Waals surface area contributed by atoms with Gasteiger partial charge in [0, 0.05) is 31.6 Å². The fourth-order valence-corrected chi connectivity index (χ4v) is 5.27. The van der Waals surface area contributed by atoms with Crippen molar-refractivity contribution in [3.63, 3.8) is 0 Å². The molecule has 0 unspecified atom stereocenters. The summed E-state index contributed by atoms with van der Waals surface area (Å²) in [6, 6.07) is 11.7. The molecule has 1 aliphatic heterocycles. The van der Waals surface area contributed by atoms with Crippen LogP contribution in [0.3, 0.4) is 0 Å². The molecule has 0 saturated carbocycles. The molecule has 3 rings (SSSR count). The first-order valence-electron chi connectivity index (χ1n) is 11.2. The lowest BCUT2D eigenvalue weighted by molar-refractivity contribution is -0.116. The van der Waals surface area contributed by atoms with E-state index in [9.17, 15) is 18.0 Å². The van der Waals surface area contributed by atoms with Crippen LogP contribution in [0.4, 0.5) is 5.69 Å². The minimum Gasteiger partial charge on any atom is -0.492 e. The Balaban J connectivity index is 1.66. The molecule has 9 heteroatoms. The molecule has 1 fully saturated rings. The van der Waals surface area contributed by atoms with Crippen LogP contribution in [-0.4, -0.2) is 50.8 Å². The summed E-state index contributed by atoms with van der Waals surface area (Å²) in [4.78, 5) is 25.0. The Hall–Kier alpha value is -2.91. The smallest absolute Gasteiger partial charge is 0.251 e. The first kappa shape index (κ1) is 24.7. The Morgan fingerprint density at radius 2 is 1.79 bits per heavy atom. The number of ether oxygens (including phenoxy) is 1. The third kappa shape index (κ3) is 6.33. The molecule has 2 amide bonds. The Morgan fingerprint density at radius 1 is 1.06 bits per heavy atom. The number of benzene rings is 2. The number of anilines is 1. The maximum atomic E-state index is 13.0. The van der Waals surface area contributed by atoms with Crippen molar-refractivity contribution in [3.8, 4) is 5.75 Å². The van der Waals surface area contributed by atoms with Gasteiger partial charge in [0.25, 0.3) is 5.91 Å². The monoisotopic (exact) mass is 473 g/mol.